The smallest absolute Gasteiger partial charge is 0.239 e. The highest BCUT2D eigenvalue weighted by Gasteiger charge is 2.31. The van der Waals surface area contributed by atoms with E-state index in [1.165, 1.54) is 19.3 Å². The Kier molecular flexibility index (Phi) is 4.39. The molecule has 0 radical (unpaired) electrons. The van der Waals surface area contributed by atoms with Crippen LogP contribution in [0.25, 0.3) is 0 Å². The number of nitrogens with zero attached hydrogens (tertiary/aromatic N) is 1. The van der Waals surface area contributed by atoms with Crippen LogP contribution < -0.4 is 5.73 Å². The monoisotopic (exact) mass is 198 g/mol. The van der Waals surface area contributed by atoms with Gasteiger partial charge in [0, 0.05) is 12.6 Å². The van der Waals surface area contributed by atoms with Gasteiger partial charge in [-0.1, -0.05) is 26.2 Å². The number of likely N-dealkylation sites (tertiary alicyclic amines) is 1. The van der Waals surface area contributed by atoms with Crippen LogP contribution in [0.2, 0.25) is 0 Å². The summed E-state index contributed by atoms with van der Waals surface area (Å²) in [5, 5.41) is 0. The van der Waals surface area contributed by atoms with Gasteiger partial charge in [0.2, 0.25) is 5.91 Å². The van der Waals surface area contributed by atoms with Crippen molar-refractivity contribution in [3.8, 4) is 0 Å². The molecule has 2 N–H and O–H groups in total. The maximum Gasteiger partial charge on any atom is 0.239 e. The average molecular weight is 198 g/mol. The number of unbranched alkanes of at least 4 members (excludes halogenated alkanes) is 2. The van der Waals surface area contributed by atoms with Crippen LogP contribution in [0.1, 0.15) is 46.0 Å². The van der Waals surface area contributed by atoms with Crippen molar-refractivity contribution in [2.75, 3.05) is 6.54 Å². The zero-order chi connectivity index (χ0) is 10.6. The average Bonchev–Trinajstić information content (AvgIpc) is 2.48. The second kappa shape index (κ2) is 5.35. The van der Waals surface area contributed by atoms with Crippen molar-refractivity contribution in [2.45, 2.75) is 58.0 Å². The minimum absolute atomic E-state index is 0.147. The Labute approximate surface area is 86.6 Å². The molecular weight excluding hydrogens is 176 g/mol. The van der Waals surface area contributed by atoms with E-state index in [-0.39, 0.29) is 11.9 Å². The van der Waals surface area contributed by atoms with Gasteiger partial charge in [0.1, 0.15) is 0 Å². The van der Waals surface area contributed by atoms with Crippen LogP contribution in [0, 0.1) is 0 Å². The number of rotatable bonds is 5. The Hall–Kier alpha value is -0.570. The molecule has 14 heavy (non-hydrogen) atoms. The molecular formula is C11H22N2O. The van der Waals surface area contributed by atoms with Gasteiger partial charge in [-0.2, -0.15) is 0 Å². The number of amides is 1. The first-order valence-electron chi connectivity index (χ1n) is 5.73. The van der Waals surface area contributed by atoms with Crippen LogP contribution in [0.5, 0.6) is 0 Å². The Morgan fingerprint density at radius 3 is 2.79 bits per heavy atom. The lowest BCUT2D eigenvalue weighted by Crippen LogP contribution is -2.39. The van der Waals surface area contributed by atoms with Crippen LogP contribution in [-0.4, -0.2) is 29.4 Å². The first-order chi connectivity index (χ1) is 6.66. The molecule has 1 aliphatic rings. The molecule has 2 atom stereocenters. The van der Waals surface area contributed by atoms with Gasteiger partial charge in [0.15, 0.2) is 0 Å². The molecule has 3 nitrogen and oxygen atoms in total. The fourth-order valence-electron chi connectivity index (χ4n) is 2.01. The van der Waals surface area contributed by atoms with Crippen LogP contribution in [0.4, 0.5) is 0 Å². The minimum Gasteiger partial charge on any atom is -0.339 e. The van der Waals surface area contributed by atoms with E-state index in [1.54, 1.807) is 0 Å². The van der Waals surface area contributed by atoms with Gasteiger partial charge in [-0.3, -0.25) is 4.79 Å². The summed E-state index contributed by atoms with van der Waals surface area (Å²) >= 11 is 0. The Morgan fingerprint density at radius 2 is 2.29 bits per heavy atom. The molecule has 1 heterocycles. The zero-order valence-electron chi connectivity index (χ0n) is 9.33. The van der Waals surface area contributed by atoms with Crippen molar-refractivity contribution in [3.63, 3.8) is 0 Å². The van der Waals surface area contributed by atoms with Crippen LogP contribution >= 0.6 is 0 Å². The third-order valence-corrected chi connectivity index (χ3v) is 3.04. The summed E-state index contributed by atoms with van der Waals surface area (Å²) in [5.74, 6) is 0.147. The molecule has 0 bridgehead atoms. The van der Waals surface area contributed by atoms with E-state index in [1.807, 2.05) is 4.90 Å². The first kappa shape index (κ1) is 11.5. The van der Waals surface area contributed by atoms with E-state index in [0.29, 0.717) is 6.04 Å². The van der Waals surface area contributed by atoms with Crippen molar-refractivity contribution < 1.29 is 4.79 Å². The van der Waals surface area contributed by atoms with E-state index in [2.05, 4.69) is 13.8 Å². The molecule has 1 amide bonds. The molecule has 2 unspecified atom stereocenters. The summed E-state index contributed by atoms with van der Waals surface area (Å²) in [5.41, 5.74) is 5.67. The predicted molar refractivity (Wildman–Crippen MR) is 57.9 cm³/mol. The topological polar surface area (TPSA) is 46.3 Å². The Morgan fingerprint density at radius 1 is 1.57 bits per heavy atom. The van der Waals surface area contributed by atoms with Gasteiger partial charge in [-0.15, -0.1) is 0 Å². The highest BCUT2D eigenvalue weighted by atomic mass is 16.2. The number of carbonyl (C=O) groups is 1. The predicted octanol–water partition coefficient (Wildman–Crippen LogP) is 1.51. The quantitative estimate of drug-likeness (QED) is 0.681. The fraction of sp³-hybridized carbons (Fsp3) is 0.909. The van der Waals surface area contributed by atoms with Crippen LogP contribution in [-0.2, 0) is 4.79 Å². The van der Waals surface area contributed by atoms with Crippen molar-refractivity contribution in [2.24, 2.45) is 5.73 Å². The van der Waals surface area contributed by atoms with E-state index >= 15 is 0 Å². The van der Waals surface area contributed by atoms with Gasteiger partial charge in [0.25, 0.3) is 0 Å². The molecule has 0 saturated carbocycles. The molecule has 0 spiro atoms. The van der Waals surface area contributed by atoms with Gasteiger partial charge >= 0.3 is 0 Å². The fourth-order valence-corrected chi connectivity index (χ4v) is 2.01. The molecule has 1 saturated heterocycles. The van der Waals surface area contributed by atoms with Gasteiger partial charge < -0.3 is 10.6 Å². The highest BCUT2D eigenvalue weighted by molar-refractivity contribution is 5.83. The molecule has 0 aromatic heterocycles. The summed E-state index contributed by atoms with van der Waals surface area (Å²) in [6.07, 6.45) is 5.67. The van der Waals surface area contributed by atoms with Crippen LogP contribution in [0.15, 0.2) is 0 Å². The summed E-state index contributed by atoms with van der Waals surface area (Å²) in [4.78, 5) is 13.5. The normalized spacial score (nSPS) is 24.4. The van der Waals surface area contributed by atoms with E-state index < -0.39 is 0 Å². The summed E-state index contributed by atoms with van der Waals surface area (Å²) in [6, 6.07) is 0.145. The number of nitrogens with two attached hydrogens (primary N) is 1. The second-order valence-electron chi connectivity index (χ2n) is 4.27. The van der Waals surface area contributed by atoms with E-state index in [9.17, 15) is 4.79 Å². The Balaban J connectivity index is 2.30. The maximum atomic E-state index is 11.6. The van der Waals surface area contributed by atoms with Crippen LogP contribution in [0.3, 0.4) is 0 Å². The number of hydrogen-bond acceptors (Lipinski definition) is 2. The minimum atomic E-state index is -0.233. The number of carbonyl (C=O) groups excluding carboxylic acids is 1. The molecule has 1 aliphatic heterocycles. The highest BCUT2D eigenvalue weighted by Crippen LogP contribution is 2.16. The first-order valence-corrected chi connectivity index (χ1v) is 5.73. The standard InChI is InChI=1S/C11H22N2O/c1-3-4-5-6-9(2)13-8-7-10(12)11(13)14/h9-10H,3-8,12H2,1-2H3. The number of hydrogen-bond donors (Lipinski definition) is 1. The van der Waals surface area contributed by atoms with E-state index in [0.717, 1.165) is 19.4 Å². The molecule has 0 aromatic rings. The lowest BCUT2D eigenvalue weighted by Gasteiger charge is -2.24. The van der Waals surface area contributed by atoms with Gasteiger partial charge in [-0.25, -0.2) is 0 Å². The molecule has 0 aromatic carbocycles. The summed E-state index contributed by atoms with van der Waals surface area (Å²) in [7, 11) is 0. The molecule has 1 fully saturated rings. The lowest BCUT2D eigenvalue weighted by atomic mass is 10.1. The largest absolute Gasteiger partial charge is 0.339 e. The van der Waals surface area contributed by atoms with Crippen molar-refractivity contribution in [3.05, 3.63) is 0 Å². The second-order valence-corrected chi connectivity index (χ2v) is 4.27. The van der Waals surface area contributed by atoms with Crippen molar-refractivity contribution in [1.29, 1.82) is 0 Å². The lowest BCUT2D eigenvalue weighted by molar-refractivity contribution is -0.130. The van der Waals surface area contributed by atoms with E-state index in [4.69, 9.17) is 5.73 Å². The molecule has 1 rings (SSSR count). The zero-order valence-corrected chi connectivity index (χ0v) is 9.33. The third kappa shape index (κ3) is 2.71. The van der Waals surface area contributed by atoms with Crippen molar-refractivity contribution >= 4 is 5.91 Å². The molecule has 3 heteroatoms. The van der Waals surface area contributed by atoms with Crippen molar-refractivity contribution in [1.82, 2.24) is 4.90 Å². The summed E-state index contributed by atoms with van der Waals surface area (Å²) < 4.78 is 0. The molecule has 82 valence electrons. The van der Waals surface area contributed by atoms with Gasteiger partial charge in [-0.05, 0) is 19.8 Å². The SMILES string of the molecule is CCCCCC(C)N1CCC(N)C1=O. The Bertz CT molecular complexity index is 194. The molecule has 0 aliphatic carbocycles. The third-order valence-electron chi connectivity index (χ3n) is 3.04. The maximum absolute atomic E-state index is 11.6. The summed E-state index contributed by atoms with van der Waals surface area (Å²) in [6.45, 7) is 5.18. The van der Waals surface area contributed by atoms with Gasteiger partial charge in [0.05, 0.1) is 6.04 Å².